The van der Waals surface area contributed by atoms with Gasteiger partial charge in [0, 0.05) is 23.6 Å². The van der Waals surface area contributed by atoms with Crippen LogP contribution >= 0.6 is 11.6 Å². The Morgan fingerprint density at radius 1 is 1.15 bits per heavy atom. The van der Waals surface area contributed by atoms with Crippen molar-refractivity contribution in [2.24, 2.45) is 0 Å². The zero-order valence-electron chi connectivity index (χ0n) is 11.7. The molecule has 0 amide bonds. The van der Waals surface area contributed by atoms with Crippen LogP contribution in [-0.2, 0) is 16.1 Å². The molecule has 4 nitrogen and oxygen atoms in total. The summed E-state index contributed by atoms with van der Waals surface area (Å²) < 4.78 is 15.9. The van der Waals surface area contributed by atoms with E-state index in [1.165, 1.54) is 0 Å². The van der Waals surface area contributed by atoms with Crippen molar-refractivity contribution < 1.29 is 14.2 Å². The first-order chi connectivity index (χ1) is 9.74. The van der Waals surface area contributed by atoms with E-state index in [0.717, 1.165) is 22.2 Å². The maximum absolute atomic E-state index is 6.18. The molecule has 2 rings (SSSR count). The molecule has 0 saturated carbocycles. The van der Waals surface area contributed by atoms with Gasteiger partial charge in [-0.25, -0.2) is 4.98 Å². The molecule has 0 aliphatic heterocycles. The van der Waals surface area contributed by atoms with Gasteiger partial charge in [0.1, 0.15) is 10.9 Å². The third kappa shape index (κ3) is 3.82. The van der Waals surface area contributed by atoms with Crippen LogP contribution in [0.5, 0.6) is 5.75 Å². The summed E-state index contributed by atoms with van der Waals surface area (Å²) >= 11 is 6.18. The quantitative estimate of drug-likeness (QED) is 0.579. The number of nitrogens with zero attached hydrogens (tertiary/aromatic N) is 1. The van der Waals surface area contributed by atoms with Crippen molar-refractivity contribution in [3.05, 3.63) is 35.0 Å². The number of benzene rings is 1. The van der Waals surface area contributed by atoms with E-state index in [4.69, 9.17) is 25.8 Å². The fraction of sp³-hybridized carbons (Fsp3) is 0.400. The number of rotatable bonds is 7. The Morgan fingerprint density at radius 2 is 1.95 bits per heavy atom. The first-order valence-electron chi connectivity index (χ1n) is 6.53. The second-order valence-electron chi connectivity index (χ2n) is 4.25. The predicted octanol–water partition coefficient (Wildman–Crippen LogP) is 3.45. The van der Waals surface area contributed by atoms with Crippen molar-refractivity contribution in [2.45, 2.75) is 13.5 Å². The molecule has 1 heterocycles. The Kier molecular flexibility index (Phi) is 5.59. The van der Waals surface area contributed by atoms with Gasteiger partial charge in [0.05, 0.1) is 32.4 Å². The van der Waals surface area contributed by atoms with Crippen LogP contribution in [0.15, 0.2) is 24.3 Å². The molecule has 108 valence electrons. The Morgan fingerprint density at radius 3 is 2.70 bits per heavy atom. The largest absolute Gasteiger partial charge is 0.497 e. The summed E-state index contributed by atoms with van der Waals surface area (Å²) in [5, 5.41) is 1.47. The highest BCUT2D eigenvalue weighted by Gasteiger charge is 2.06. The monoisotopic (exact) mass is 295 g/mol. The molecule has 0 aliphatic rings. The zero-order chi connectivity index (χ0) is 14.4. The Bertz CT molecular complexity index is 574. The van der Waals surface area contributed by atoms with Gasteiger partial charge in [-0.05, 0) is 25.1 Å². The fourth-order valence-corrected chi connectivity index (χ4v) is 2.04. The van der Waals surface area contributed by atoms with E-state index in [-0.39, 0.29) is 0 Å². The van der Waals surface area contributed by atoms with E-state index in [0.29, 0.717) is 31.6 Å². The molecule has 0 radical (unpaired) electrons. The van der Waals surface area contributed by atoms with Crippen molar-refractivity contribution in [1.29, 1.82) is 0 Å². The van der Waals surface area contributed by atoms with Crippen LogP contribution in [0.3, 0.4) is 0 Å². The van der Waals surface area contributed by atoms with Gasteiger partial charge in [0.2, 0.25) is 0 Å². The lowest BCUT2D eigenvalue weighted by Gasteiger charge is -2.08. The third-order valence-corrected chi connectivity index (χ3v) is 3.21. The minimum absolute atomic E-state index is 0.431. The smallest absolute Gasteiger partial charge is 0.135 e. The molecule has 0 bridgehead atoms. The number of hydrogen-bond donors (Lipinski definition) is 0. The Hall–Kier alpha value is -1.36. The number of hydrogen-bond acceptors (Lipinski definition) is 4. The van der Waals surface area contributed by atoms with E-state index in [9.17, 15) is 0 Å². The molecule has 0 atom stereocenters. The van der Waals surface area contributed by atoms with Crippen LogP contribution in [0.1, 0.15) is 12.5 Å². The van der Waals surface area contributed by atoms with Gasteiger partial charge in [-0.2, -0.15) is 0 Å². The maximum atomic E-state index is 6.18. The van der Waals surface area contributed by atoms with Gasteiger partial charge in [-0.3, -0.25) is 0 Å². The number of halogens is 1. The number of methoxy groups -OCH3 is 1. The molecule has 2 aromatic rings. The minimum atomic E-state index is 0.431. The summed E-state index contributed by atoms with van der Waals surface area (Å²) in [6.07, 6.45) is 0. The van der Waals surface area contributed by atoms with Crippen LogP contribution in [0.4, 0.5) is 0 Å². The molecule has 0 unspecified atom stereocenters. The molecule has 1 aromatic carbocycles. The number of fused-ring (bicyclic) bond motifs is 1. The first kappa shape index (κ1) is 15.0. The summed E-state index contributed by atoms with van der Waals surface area (Å²) in [5.74, 6) is 0.766. The first-order valence-corrected chi connectivity index (χ1v) is 6.91. The van der Waals surface area contributed by atoms with Crippen molar-refractivity contribution in [1.82, 2.24) is 4.98 Å². The molecule has 0 saturated heterocycles. The van der Waals surface area contributed by atoms with Gasteiger partial charge in [-0.1, -0.05) is 11.6 Å². The molecule has 0 fully saturated rings. The molecular formula is C15H18ClNO3. The van der Waals surface area contributed by atoms with Crippen LogP contribution < -0.4 is 4.74 Å². The van der Waals surface area contributed by atoms with Crippen LogP contribution in [0, 0.1) is 0 Å². The second-order valence-corrected chi connectivity index (χ2v) is 4.60. The van der Waals surface area contributed by atoms with Crippen molar-refractivity contribution >= 4 is 22.5 Å². The van der Waals surface area contributed by atoms with Crippen LogP contribution in [-0.4, -0.2) is 31.9 Å². The molecule has 0 N–H and O–H groups in total. The molecule has 0 spiro atoms. The van der Waals surface area contributed by atoms with E-state index >= 15 is 0 Å². The van der Waals surface area contributed by atoms with Crippen molar-refractivity contribution in [3.8, 4) is 5.75 Å². The summed E-state index contributed by atoms with van der Waals surface area (Å²) in [5.41, 5.74) is 1.69. The summed E-state index contributed by atoms with van der Waals surface area (Å²) in [6.45, 7) is 4.22. The van der Waals surface area contributed by atoms with E-state index in [1.807, 2.05) is 31.2 Å². The molecule has 0 aliphatic carbocycles. The second kappa shape index (κ2) is 7.43. The number of aromatic nitrogens is 1. The zero-order valence-corrected chi connectivity index (χ0v) is 12.4. The Labute approximate surface area is 123 Å². The minimum Gasteiger partial charge on any atom is -0.497 e. The van der Waals surface area contributed by atoms with E-state index in [1.54, 1.807) is 7.11 Å². The normalized spacial score (nSPS) is 10.9. The van der Waals surface area contributed by atoms with Gasteiger partial charge >= 0.3 is 0 Å². The standard InChI is InChI=1S/C15H18ClNO3/c1-3-19-6-7-20-10-12-8-11-4-5-13(18-2)9-14(11)17-15(12)16/h4-5,8-9H,3,6-7,10H2,1-2H3. The van der Waals surface area contributed by atoms with Gasteiger partial charge in [-0.15, -0.1) is 0 Å². The SMILES string of the molecule is CCOCCOCc1cc2ccc(OC)cc2nc1Cl. The van der Waals surface area contributed by atoms with Crippen LogP contribution in [0.25, 0.3) is 10.9 Å². The molecule has 5 heteroatoms. The average molecular weight is 296 g/mol. The third-order valence-electron chi connectivity index (χ3n) is 2.88. The number of ether oxygens (including phenoxy) is 3. The molecular weight excluding hydrogens is 278 g/mol. The highest BCUT2D eigenvalue weighted by Crippen LogP contribution is 2.24. The molecule has 1 aromatic heterocycles. The number of pyridine rings is 1. The lowest BCUT2D eigenvalue weighted by molar-refractivity contribution is 0.0453. The maximum Gasteiger partial charge on any atom is 0.135 e. The van der Waals surface area contributed by atoms with Crippen LogP contribution in [0.2, 0.25) is 5.15 Å². The van der Waals surface area contributed by atoms with E-state index in [2.05, 4.69) is 4.98 Å². The molecule has 20 heavy (non-hydrogen) atoms. The van der Waals surface area contributed by atoms with Gasteiger partial charge < -0.3 is 14.2 Å². The predicted molar refractivity (Wildman–Crippen MR) is 79.5 cm³/mol. The Balaban J connectivity index is 2.08. The van der Waals surface area contributed by atoms with Gasteiger partial charge in [0.15, 0.2) is 0 Å². The average Bonchev–Trinajstić information content (AvgIpc) is 2.47. The van der Waals surface area contributed by atoms with E-state index < -0.39 is 0 Å². The summed E-state index contributed by atoms with van der Waals surface area (Å²) in [4.78, 5) is 4.37. The lowest BCUT2D eigenvalue weighted by Crippen LogP contribution is -2.04. The lowest BCUT2D eigenvalue weighted by atomic mass is 10.1. The highest BCUT2D eigenvalue weighted by molar-refractivity contribution is 6.30. The topological polar surface area (TPSA) is 40.6 Å². The fourth-order valence-electron chi connectivity index (χ4n) is 1.84. The summed E-state index contributed by atoms with van der Waals surface area (Å²) in [6, 6.07) is 7.71. The summed E-state index contributed by atoms with van der Waals surface area (Å²) in [7, 11) is 1.63. The van der Waals surface area contributed by atoms with Gasteiger partial charge in [0.25, 0.3) is 0 Å². The highest BCUT2D eigenvalue weighted by atomic mass is 35.5. The van der Waals surface area contributed by atoms with Crippen molar-refractivity contribution in [2.75, 3.05) is 26.9 Å². The van der Waals surface area contributed by atoms with Crippen molar-refractivity contribution in [3.63, 3.8) is 0 Å².